The predicted molar refractivity (Wildman–Crippen MR) is 75.6 cm³/mol. The smallest absolute Gasteiger partial charge is 0.262 e. The Morgan fingerprint density at radius 1 is 1.24 bits per heavy atom. The number of rotatable bonds is 3. The van der Waals surface area contributed by atoms with Gasteiger partial charge >= 0.3 is 0 Å². The van der Waals surface area contributed by atoms with E-state index in [1.807, 2.05) is 0 Å². The minimum Gasteiger partial charge on any atom is -0.507 e. The van der Waals surface area contributed by atoms with Crippen molar-refractivity contribution >= 4 is 5.69 Å². The minimum atomic E-state index is 0.0243. The van der Waals surface area contributed by atoms with E-state index in [9.17, 15) is 5.11 Å². The molecule has 7 nitrogen and oxygen atoms in total. The fourth-order valence-electron chi connectivity index (χ4n) is 1.79. The van der Waals surface area contributed by atoms with E-state index in [4.69, 9.17) is 15.0 Å². The Labute approximate surface area is 120 Å². The number of anilines is 1. The molecule has 0 saturated carbocycles. The number of pyridine rings is 1. The molecule has 0 spiro atoms. The molecule has 3 rings (SSSR count). The Hall–Kier alpha value is -3.09. The second-order valence-electron chi connectivity index (χ2n) is 4.28. The average molecular weight is 284 g/mol. The van der Waals surface area contributed by atoms with Crippen molar-refractivity contribution < 1.29 is 14.4 Å². The van der Waals surface area contributed by atoms with Crippen LogP contribution in [0, 0.1) is 0 Å². The molecule has 0 unspecified atom stereocenters. The van der Waals surface area contributed by atoms with Gasteiger partial charge in [0.25, 0.3) is 5.89 Å². The van der Waals surface area contributed by atoms with Crippen molar-refractivity contribution in [2.45, 2.75) is 0 Å². The Morgan fingerprint density at radius 2 is 2.10 bits per heavy atom. The summed E-state index contributed by atoms with van der Waals surface area (Å²) >= 11 is 0. The van der Waals surface area contributed by atoms with Crippen molar-refractivity contribution in [3.63, 3.8) is 0 Å². The van der Waals surface area contributed by atoms with Crippen molar-refractivity contribution in [3.8, 4) is 34.5 Å². The summed E-state index contributed by atoms with van der Waals surface area (Å²) in [6, 6.07) is 8.14. The van der Waals surface area contributed by atoms with E-state index in [0.717, 1.165) is 0 Å². The molecular weight excluding hydrogens is 272 g/mol. The molecule has 21 heavy (non-hydrogen) atoms. The van der Waals surface area contributed by atoms with Gasteiger partial charge in [-0.05, 0) is 30.3 Å². The van der Waals surface area contributed by atoms with Gasteiger partial charge in [-0.25, -0.2) is 0 Å². The fourth-order valence-corrected chi connectivity index (χ4v) is 1.79. The van der Waals surface area contributed by atoms with Crippen LogP contribution in [0.15, 0.2) is 41.1 Å². The first-order valence-corrected chi connectivity index (χ1v) is 6.10. The molecule has 0 bridgehead atoms. The van der Waals surface area contributed by atoms with Crippen molar-refractivity contribution in [1.82, 2.24) is 15.1 Å². The van der Waals surface area contributed by atoms with Crippen molar-refractivity contribution in [2.75, 3.05) is 12.8 Å². The minimum absolute atomic E-state index is 0.0243. The quantitative estimate of drug-likeness (QED) is 0.758. The van der Waals surface area contributed by atoms with Crippen LogP contribution >= 0.6 is 0 Å². The van der Waals surface area contributed by atoms with Crippen molar-refractivity contribution in [1.29, 1.82) is 0 Å². The Bertz CT molecular complexity index is 768. The summed E-state index contributed by atoms with van der Waals surface area (Å²) in [7, 11) is 1.54. The zero-order valence-electron chi connectivity index (χ0n) is 11.1. The van der Waals surface area contributed by atoms with Crippen LogP contribution in [0.5, 0.6) is 11.5 Å². The van der Waals surface area contributed by atoms with Gasteiger partial charge in [-0.15, -0.1) is 0 Å². The summed E-state index contributed by atoms with van der Waals surface area (Å²) in [6.45, 7) is 0. The maximum atomic E-state index is 9.88. The number of nitrogen functional groups attached to an aromatic ring is 1. The molecule has 0 atom stereocenters. The highest BCUT2D eigenvalue weighted by Crippen LogP contribution is 2.32. The maximum Gasteiger partial charge on any atom is 0.262 e. The summed E-state index contributed by atoms with van der Waals surface area (Å²) in [6.07, 6.45) is 1.51. The number of aromatic hydroxyl groups is 1. The van der Waals surface area contributed by atoms with Crippen LogP contribution in [-0.4, -0.2) is 27.3 Å². The fraction of sp³-hybridized carbons (Fsp3) is 0.0714. The number of ether oxygens (including phenoxy) is 1. The molecule has 3 N–H and O–H groups in total. The molecule has 0 radical (unpaired) electrons. The molecule has 3 aromatic rings. The molecule has 0 aliphatic rings. The number of hydrogen-bond acceptors (Lipinski definition) is 7. The lowest BCUT2D eigenvalue weighted by Crippen LogP contribution is -1.89. The van der Waals surface area contributed by atoms with Crippen LogP contribution in [0.3, 0.4) is 0 Å². The van der Waals surface area contributed by atoms with Gasteiger partial charge in [0.05, 0.1) is 24.6 Å². The highest BCUT2D eigenvalue weighted by molar-refractivity contribution is 5.66. The first kappa shape index (κ1) is 12.9. The molecule has 0 aliphatic carbocycles. The van der Waals surface area contributed by atoms with E-state index >= 15 is 0 Å². The number of nitrogens with two attached hydrogens (primary N) is 1. The van der Waals surface area contributed by atoms with Crippen LogP contribution < -0.4 is 10.5 Å². The summed E-state index contributed by atoms with van der Waals surface area (Å²) in [4.78, 5) is 8.33. The van der Waals surface area contributed by atoms with E-state index in [0.29, 0.717) is 28.5 Å². The number of aromatic nitrogens is 3. The second kappa shape index (κ2) is 5.12. The summed E-state index contributed by atoms with van der Waals surface area (Å²) < 4.78 is 10.3. The molecule has 0 aliphatic heterocycles. The zero-order chi connectivity index (χ0) is 14.8. The number of phenolic OH excluding ortho intramolecular Hbond substituents is 1. The van der Waals surface area contributed by atoms with E-state index in [-0.39, 0.29) is 11.6 Å². The molecular formula is C14H12N4O3. The van der Waals surface area contributed by atoms with Gasteiger partial charge in [-0.1, -0.05) is 5.16 Å². The predicted octanol–water partition coefficient (Wildman–Crippen LogP) is 2.09. The lowest BCUT2D eigenvalue weighted by molar-refractivity contribution is 0.408. The molecule has 2 heterocycles. The van der Waals surface area contributed by atoms with Crippen LogP contribution in [-0.2, 0) is 0 Å². The highest BCUT2D eigenvalue weighted by atomic mass is 16.5. The SMILES string of the molecule is COc1ccc(O)c(-c2nc(-c3ccc(N)cn3)no2)c1. The Morgan fingerprint density at radius 3 is 2.81 bits per heavy atom. The van der Waals surface area contributed by atoms with E-state index in [1.165, 1.54) is 19.4 Å². The Balaban J connectivity index is 2.00. The third-order valence-electron chi connectivity index (χ3n) is 2.88. The standard InChI is InChI=1S/C14H12N4O3/c1-20-9-3-5-12(19)10(6-9)14-17-13(18-21-14)11-4-2-8(15)7-16-11/h2-7,19H,15H2,1H3. The first-order chi connectivity index (χ1) is 10.2. The topological polar surface area (TPSA) is 107 Å². The third-order valence-corrected chi connectivity index (χ3v) is 2.88. The van der Waals surface area contributed by atoms with Gasteiger partial charge in [-0.2, -0.15) is 4.98 Å². The molecule has 106 valence electrons. The molecule has 0 amide bonds. The zero-order valence-corrected chi connectivity index (χ0v) is 11.1. The summed E-state index contributed by atoms with van der Waals surface area (Å²) in [5, 5.41) is 13.7. The number of nitrogens with zero attached hydrogens (tertiary/aromatic N) is 3. The monoisotopic (exact) mass is 284 g/mol. The Kier molecular flexibility index (Phi) is 3.15. The largest absolute Gasteiger partial charge is 0.507 e. The average Bonchev–Trinajstić information content (AvgIpc) is 2.98. The highest BCUT2D eigenvalue weighted by Gasteiger charge is 2.15. The first-order valence-electron chi connectivity index (χ1n) is 6.10. The second-order valence-corrected chi connectivity index (χ2v) is 4.28. The molecule has 7 heteroatoms. The molecule has 1 aromatic carbocycles. The number of phenols is 1. The summed E-state index contributed by atoms with van der Waals surface area (Å²) in [5.74, 6) is 1.09. The van der Waals surface area contributed by atoms with Crippen molar-refractivity contribution in [3.05, 3.63) is 36.5 Å². The molecule has 2 aromatic heterocycles. The van der Waals surface area contributed by atoms with Crippen LogP contribution in [0.1, 0.15) is 0 Å². The van der Waals surface area contributed by atoms with E-state index < -0.39 is 0 Å². The van der Waals surface area contributed by atoms with Crippen molar-refractivity contribution in [2.24, 2.45) is 0 Å². The van der Waals surface area contributed by atoms with Gasteiger partial charge < -0.3 is 20.1 Å². The number of methoxy groups -OCH3 is 1. The maximum absolute atomic E-state index is 9.88. The van der Waals surface area contributed by atoms with Crippen LogP contribution in [0.25, 0.3) is 23.0 Å². The van der Waals surface area contributed by atoms with Gasteiger partial charge in [0, 0.05) is 0 Å². The summed E-state index contributed by atoms with van der Waals surface area (Å²) in [5.41, 5.74) is 7.05. The lowest BCUT2D eigenvalue weighted by Gasteiger charge is -2.02. The van der Waals surface area contributed by atoms with Gasteiger partial charge in [-0.3, -0.25) is 4.98 Å². The molecule has 0 fully saturated rings. The van der Waals surface area contributed by atoms with Crippen LogP contribution in [0.2, 0.25) is 0 Å². The number of benzene rings is 1. The third kappa shape index (κ3) is 2.48. The lowest BCUT2D eigenvalue weighted by atomic mass is 10.2. The van der Waals surface area contributed by atoms with Gasteiger partial charge in [0.2, 0.25) is 5.82 Å². The van der Waals surface area contributed by atoms with E-state index in [1.54, 1.807) is 24.3 Å². The van der Waals surface area contributed by atoms with Gasteiger partial charge in [0.15, 0.2) is 0 Å². The van der Waals surface area contributed by atoms with Gasteiger partial charge in [0.1, 0.15) is 17.2 Å². The normalized spacial score (nSPS) is 10.5. The van der Waals surface area contributed by atoms with E-state index in [2.05, 4.69) is 15.1 Å². The number of hydrogen-bond donors (Lipinski definition) is 2. The van der Waals surface area contributed by atoms with Crippen LogP contribution in [0.4, 0.5) is 5.69 Å². The molecule has 0 saturated heterocycles.